The molecule has 1 saturated carbocycles. The number of halogens is 1. The van der Waals surface area contributed by atoms with E-state index in [1.54, 1.807) is 7.11 Å². The van der Waals surface area contributed by atoms with Crippen LogP contribution < -0.4 is 19.3 Å². The van der Waals surface area contributed by atoms with Crippen molar-refractivity contribution in [3.63, 3.8) is 0 Å². The molecule has 0 radical (unpaired) electrons. The number of benzene rings is 2. The zero-order valence-corrected chi connectivity index (χ0v) is 29.6. The van der Waals surface area contributed by atoms with Crippen molar-refractivity contribution < 1.29 is 19.1 Å². The second-order valence-corrected chi connectivity index (χ2v) is 14.1. The van der Waals surface area contributed by atoms with Gasteiger partial charge >= 0.3 is 0 Å². The van der Waals surface area contributed by atoms with Crippen molar-refractivity contribution in [2.75, 3.05) is 57.2 Å². The summed E-state index contributed by atoms with van der Waals surface area (Å²) in [4.78, 5) is 39.3. The van der Waals surface area contributed by atoms with E-state index in [0.29, 0.717) is 35.0 Å². The minimum absolute atomic E-state index is 0.0122. The van der Waals surface area contributed by atoms with Crippen molar-refractivity contribution in [1.29, 1.82) is 0 Å². The highest BCUT2D eigenvalue weighted by atomic mass is 35.5. The Kier molecular flexibility index (Phi) is 10.5. The summed E-state index contributed by atoms with van der Waals surface area (Å²) in [5.74, 6) is 2.97. The van der Waals surface area contributed by atoms with Gasteiger partial charge in [-0.2, -0.15) is 0 Å². The summed E-state index contributed by atoms with van der Waals surface area (Å²) in [6.45, 7) is 7.39. The van der Waals surface area contributed by atoms with Gasteiger partial charge in [-0.05, 0) is 98.0 Å². The molecule has 48 heavy (non-hydrogen) atoms. The van der Waals surface area contributed by atoms with Crippen LogP contribution in [0.1, 0.15) is 68.7 Å². The van der Waals surface area contributed by atoms with Crippen LogP contribution in [0.25, 0.3) is 0 Å². The number of likely N-dealkylation sites (N-methyl/N-ethyl adjacent to an activating group) is 1. The third kappa shape index (κ3) is 7.27. The van der Waals surface area contributed by atoms with E-state index < -0.39 is 0 Å². The lowest BCUT2D eigenvalue weighted by Crippen LogP contribution is -2.53. The number of ether oxygens (including phenoxy) is 2. The minimum atomic E-state index is -0.389. The number of rotatable bonds is 10. The fraction of sp³-hybridized carbons (Fsp3) is 0.500. The van der Waals surface area contributed by atoms with Crippen LogP contribution in [-0.4, -0.2) is 86.1 Å². The lowest BCUT2D eigenvalue weighted by Gasteiger charge is -2.41. The maximum Gasteiger partial charge on any atom is 0.236 e. The molecule has 3 aliphatic rings. The number of pyridine rings is 1. The monoisotopic (exact) mass is 673 g/mol. The predicted octanol–water partition coefficient (Wildman–Crippen LogP) is 6.37. The first-order valence-corrected chi connectivity index (χ1v) is 17.6. The number of carbonyl (C=O) groups excluding carboxylic acids is 2. The van der Waals surface area contributed by atoms with Crippen LogP contribution in [0, 0.1) is 5.92 Å². The quantitative estimate of drug-likeness (QED) is 0.248. The van der Waals surface area contributed by atoms with Gasteiger partial charge in [0.25, 0.3) is 0 Å². The van der Waals surface area contributed by atoms with Gasteiger partial charge in [0.15, 0.2) is 11.5 Å². The largest absolute Gasteiger partial charge is 0.493 e. The maximum atomic E-state index is 13.9. The Labute approximate surface area is 289 Å². The van der Waals surface area contributed by atoms with Gasteiger partial charge in [0, 0.05) is 44.8 Å². The lowest BCUT2D eigenvalue weighted by atomic mass is 9.84. The molecule has 1 saturated heterocycles. The standard InChI is InChI=1S/C38H48ClN5O4/c1-6-25(2)48-34-21-32-28(19-33(34)47-5)20-36(45)44(38(32)27-9-11-29(39)12-10-27)31-15-16-35(40-22-31)42(4)23-26-7-13-30(14-8-26)43-18-17-41(3)37(46)24-43/h9-12,15-16,19,21-22,25-26,30,38H,6-8,13-14,17-18,20,23-24H2,1-5H3/t25-,26?,30?,38+/m1/s1. The van der Waals surface area contributed by atoms with Gasteiger partial charge in [-0.1, -0.05) is 30.7 Å². The summed E-state index contributed by atoms with van der Waals surface area (Å²) in [6.07, 6.45) is 7.48. The van der Waals surface area contributed by atoms with Crippen molar-refractivity contribution in [3.8, 4) is 11.5 Å². The first-order chi connectivity index (χ1) is 23.1. The number of hydrogen-bond acceptors (Lipinski definition) is 7. The van der Waals surface area contributed by atoms with Crippen molar-refractivity contribution in [3.05, 3.63) is 76.4 Å². The number of hydrogen-bond donors (Lipinski definition) is 0. The van der Waals surface area contributed by atoms with Gasteiger partial charge in [0.1, 0.15) is 5.82 Å². The molecule has 0 N–H and O–H groups in total. The summed E-state index contributed by atoms with van der Waals surface area (Å²) in [5, 5.41) is 0.639. The molecular weight excluding hydrogens is 626 g/mol. The van der Waals surface area contributed by atoms with E-state index >= 15 is 0 Å². The maximum absolute atomic E-state index is 13.9. The summed E-state index contributed by atoms with van der Waals surface area (Å²) in [6, 6.07) is 15.8. The number of fused-ring (bicyclic) bond motifs is 1. The zero-order chi connectivity index (χ0) is 33.9. The molecular formula is C38H48ClN5O4. The van der Waals surface area contributed by atoms with Gasteiger partial charge in [-0.25, -0.2) is 4.98 Å². The molecule has 6 rings (SSSR count). The second-order valence-electron chi connectivity index (χ2n) is 13.6. The molecule has 2 fully saturated rings. The molecule has 3 aromatic rings. The number of aromatic nitrogens is 1. The van der Waals surface area contributed by atoms with Crippen LogP contribution in [0.4, 0.5) is 11.5 Å². The molecule has 0 unspecified atom stereocenters. The fourth-order valence-electron chi connectivity index (χ4n) is 7.38. The Morgan fingerprint density at radius 2 is 1.75 bits per heavy atom. The first kappa shape index (κ1) is 34.1. The number of carbonyl (C=O) groups is 2. The fourth-order valence-corrected chi connectivity index (χ4v) is 7.51. The Balaban J connectivity index is 1.20. The van der Waals surface area contributed by atoms with Crippen LogP contribution in [0.2, 0.25) is 5.02 Å². The Morgan fingerprint density at radius 1 is 1.00 bits per heavy atom. The van der Waals surface area contributed by atoms with Crippen LogP contribution >= 0.6 is 11.6 Å². The summed E-state index contributed by atoms with van der Waals surface area (Å²) >= 11 is 6.29. The molecule has 9 nitrogen and oxygen atoms in total. The minimum Gasteiger partial charge on any atom is -0.493 e. The smallest absolute Gasteiger partial charge is 0.236 e. The summed E-state index contributed by atoms with van der Waals surface area (Å²) in [7, 11) is 5.62. The molecule has 10 heteroatoms. The average Bonchev–Trinajstić information content (AvgIpc) is 3.09. The third-order valence-electron chi connectivity index (χ3n) is 10.4. The highest BCUT2D eigenvalue weighted by Crippen LogP contribution is 2.44. The molecule has 0 spiro atoms. The second kappa shape index (κ2) is 14.7. The molecule has 2 aromatic carbocycles. The number of methoxy groups -OCH3 is 1. The molecule has 2 aliphatic heterocycles. The highest BCUT2D eigenvalue weighted by Gasteiger charge is 2.37. The van der Waals surface area contributed by atoms with E-state index in [1.165, 1.54) is 0 Å². The SMILES string of the molecule is CC[C@@H](C)Oc1cc2c(cc1OC)CC(=O)N(c1ccc(N(C)CC3CCC(N4CCN(C)C(=O)C4)CC3)nc1)[C@H]2c1ccc(Cl)cc1. The van der Waals surface area contributed by atoms with E-state index in [0.717, 1.165) is 79.9 Å². The average molecular weight is 674 g/mol. The van der Waals surface area contributed by atoms with Crippen LogP contribution in [0.5, 0.6) is 11.5 Å². The number of piperazine rings is 1. The number of nitrogens with zero attached hydrogens (tertiary/aromatic N) is 5. The van der Waals surface area contributed by atoms with Crippen molar-refractivity contribution in [1.82, 2.24) is 14.8 Å². The van der Waals surface area contributed by atoms with E-state index in [4.69, 9.17) is 26.1 Å². The third-order valence-corrected chi connectivity index (χ3v) is 10.7. The first-order valence-electron chi connectivity index (χ1n) is 17.2. The van der Waals surface area contributed by atoms with Crippen LogP contribution in [0.3, 0.4) is 0 Å². The Bertz CT molecular complexity index is 1590. The van der Waals surface area contributed by atoms with Gasteiger partial charge in [0.05, 0.1) is 44.1 Å². The molecule has 2 atom stereocenters. The lowest BCUT2D eigenvalue weighted by molar-refractivity contribution is -0.135. The summed E-state index contributed by atoms with van der Waals surface area (Å²) in [5.41, 5.74) is 3.60. The normalized spacial score (nSPS) is 22.3. The Morgan fingerprint density at radius 3 is 2.40 bits per heavy atom. The molecule has 3 heterocycles. The predicted molar refractivity (Wildman–Crippen MR) is 190 cm³/mol. The van der Waals surface area contributed by atoms with Gasteiger partial charge in [0.2, 0.25) is 11.8 Å². The van der Waals surface area contributed by atoms with Gasteiger partial charge in [-0.15, -0.1) is 0 Å². The molecule has 1 aliphatic carbocycles. The van der Waals surface area contributed by atoms with Crippen molar-refractivity contribution >= 4 is 34.9 Å². The van der Waals surface area contributed by atoms with Gasteiger partial charge in [-0.3, -0.25) is 19.4 Å². The van der Waals surface area contributed by atoms with Crippen molar-refractivity contribution in [2.45, 2.75) is 70.6 Å². The summed E-state index contributed by atoms with van der Waals surface area (Å²) < 4.78 is 12.0. The van der Waals surface area contributed by atoms with E-state index in [1.807, 2.05) is 78.5 Å². The molecule has 256 valence electrons. The van der Waals surface area contributed by atoms with Crippen LogP contribution in [-0.2, 0) is 16.0 Å². The van der Waals surface area contributed by atoms with E-state index in [2.05, 4.69) is 23.8 Å². The highest BCUT2D eigenvalue weighted by molar-refractivity contribution is 6.30. The molecule has 0 bridgehead atoms. The topological polar surface area (TPSA) is 78.5 Å². The number of amides is 2. The molecule has 1 aromatic heterocycles. The van der Waals surface area contributed by atoms with E-state index in [9.17, 15) is 9.59 Å². The zero-order valence-electron chi connectivity index (χ0n) is 28.8. The van der Waals surface area contributed by atoms with Gasteiger partial charge < -0.3 is 19.3 Å². The Hall–Kier alpha value is -3.82. The molecule has 2 amide bonds. The van der Waals surface area contributed by atoms with Crippen molar-refractivity contribution in [2.24, 2.45) is 5.92 Å². The van der Waals surface area contributed by atoms with E-state index in [-0.39, 0.29) is 30.4 Å². The van der Waals surface area contributed by atoms with Crippen LogP contribution in [0.15, 0.2) is 54.7 Å². The number of anilines is 2.